The lowest BCUT2D eigenvalue weighted by Gasteiger charge is -2.18. The first-order chi connectivity index (χ1) is 13.7. The number of fused-ring (bicyclic) bond motifs is 1. The first kappa shape index (κ1) is 19.5. The van der Waals surface area contributed by atoms with Gasteiger partial charge in [-0.05, 0) is 30.0 Å². The molecule has 0 spiro atoms. The second-order valence-electron chi connectivity index (χ2n) is 6.31. The van der Waals surface area contributed by atoms with Gasteiger partial charge in [-0.15, -0.1) is 0 Å². The average molecular weight is 379 g/mol. The van der Waals surface area contributed by atoms with E-state index in [4.69, 9.17) is 14.2 Å². The van der Waals surface area contributed by atoms with Crippen molar-refractivity contribution >= 4 is 16.7 Å². The Morgan fingerprint density at radius 2 is 1.75 bits per heavy atom. The highest BCUT2D eigenvalue weighted by atomic mass is 16.5. The van der Waals surface area contributed by atoms with Gasteiger partial charge < -0.3 is 19.5 Å². The second-order valence-corrected chi connectivity index (χ2v) is 6.31. The smallest absolute Gasteiger partial charge is 0.261 e. The third kappa shape index (κ3) is 4.94. The van der Waals surface area contributed by atoms with Crippen LogP contribution in [0.25, 0.3) is 10.8 Å². The number of hydrogen-bond acceptors (Lipinski definition) is 4. The number of ether oxygens (including phenoxy) is 3. The first-order valence-electron chi connectivity index (χ1n) is 9.40. The van der Waals surface area contributed by atoms with Crippen LogP contribution in [0.2, 0.25) is 0 Å². The molecule has 0 heterocycles. The Morgan fingerprint density at radius 1 is 1.00 bits per heavy atom. The summed E-state index contributed by atoms with van der Waals surface area (Å²) in [6.07, 6.45) is -0.00241. The molecular weight excluding hydrogens is 354 g/mol. The van der Waals surface area contributed by atoms with Crippen LogP contribution in [0.1, 0.15) is 13.3 Å². The number of rotatable bonds is 9. The third-order valence-electron chi connectivity index (χ3n) is 4.39. The van der Waals surface area contributed by atoms with Crippen LogP contribution >= 0.6 is 0 Å². The zero-order valence-corrected chi connectivity index (χ0v) is 16.2. The van der Waals surface area contributed by atoms with Gasteiger partial charge in [0, 0.05) is 11.5 Å². The number of methoxy groups -OCH3 is 1. The number of nitrogens with one attached hydrogen (secondary N) is 1. The highest BCUT2D eigenvalue weighted by Crippen LogP contribution is 2.25. The van der Waals surface area contributed by atoms with Crippen LogP contribution in [-0.4, -0.2) is 32.3 Å². The van der Waals surface area contributed by atoms with Gasteiger partial charge in [-0.2, -0.15) is 0 Å². The van der Waals surface area contributed by atoms with Crippen molar-refractivity contribution in [3.05, 3.63) is 66.7 Å². The zero-order chi connectivity index (χ0) is 19.8. The highest BCUT2D eigenvalue weighted by molar-refractivity contribution is 5.88. The third-order valence-corrected chi connectivity index (χ3v) is 4.39. The minimum atomic E-state index is -0.565. The summed E-state index contributed by atoms with van der Waals surface area (Å²) in [6, 6.07) is 21.2. The molecule has 0 aliphatic heterocycles. The van der Waals surface area contributed by atoms with Crippen LogP contribution in [0.4, 0.5) is 0 Å². The molecule has 28 heavy (non-hydrogen) atoms. The molecule has 0 unspecified atom stereocenters. The maximum Gasteiger partial charge on any atom is 0.261 e. The molecule has 146 valence electrons. The fourth-order valence-corrected chi connectivity index (χ4v) is 2.93. The van der Waals surface area contributed by atoms with Gasteiger partial charge in [-0.25, -0.2) is 0 Å². The fraction of sp³-hybridized carbons (Fsp3) is 0.261. The summed E-state index contributed by atoms with van der Waals surface area (Å²) >= 11 is 0. The average Bonchev–Trinajstić information content (AvgIpc) is 2.75. The normalized spacial score (nSPS) is 11.6. The van der Waals surface area contributed by atoms with E-state index in [0.717, 1.165) is 16.5 Å². The van der Waals surface area contributed by atoms with E-state index in [2.05, 4.69) is 5.32 Å². The Labute approximate surface area is 165 Å². The fourth-order valence-electron chi connectivity index (χ4n) is 2.93. The van der Waals surface area contributed by atoms with Gasteiger partial charge in [0.25, 0.3) is 5.91 Å². The summed E-state index contributed by atoms with van der Waals surface area (Å²) in [6.45, 7) is 2.70. The Kier molecular flexibility index (Phi) is 6.73. The lowest BCUT2D eigenvalue weighted by atomic mass is 10.1. The quantitative estimate of drug-likeness (QED) is 0.566. The predicted octanol–water partition coefficient (Wildman–Crippen LogP) is 4.20. The number of carbonyl (C=O) groups excluding carboxylic acids is 1. The molecule has 1 amide bonds. The Hall–Kier alpha value is -3.21. The van der Waals surface area contributed by atoms with E-state index in [1.807, 2.05) is 67.6 Å². The molecule has 0 radical (unpaired) electrons. The molecular formula is C23H25NO4. The van der Waals surface area contributed by atoms with Gasteiger partial charge in [0.2, 0.25) is 0 Å². The van der Waals surface area contributed by atoms with Crippen molar-refractivity contribution in [2.45, 2.75) is 19.4 Å². The standard InChI is InChI=1S/C23H25NO4/c1-3-21(28-19-11-7-10-18(16-19)26-2)23(25)24-14-15-27-22-13-6-9-17-8-4-5-12-20(17)22/h4-13,16,21H,3,14-15H2,1-2H3,(H,24,25)/t21-/m0/s1. The summed E-state index contributed by atoms with van der Waals surface area (Å²) in [5, 5.41) is 5.07. The van der Waals surface area contributed by atoms with Crippen molar-refractivity contribution in [3.8, 4) is 17.2 Å². The SMILES string of the molecule is CC[C@H](Oc1cccc(OC)c1)C(=O)NCCOc1cccc2ccccc12. The van der Waals surface area contributed by atoms with Crippen LogP contribution in [-0.2, 0) is 4.79 Å². The Balaban J connectivity index is 1.51. The number of hydrogen-bond donors (Lipinski definition) is 1. The Morgan fingerprint density at radius 3 is 2.57 bits per heavy atom. The molecule has 3 rings (SSSR count). The van der Waals surface area contributed by atoms with E-state index in [1.54, 1.807) is 13.2 Å². The van der Waals surface area contributed by atoms with E-state index in [1.165, 1.54) is 0 Å². The molecule has 1 N–H and O–H groups in total. The van der Waals surface area contributed by atoms with Crippen molar-refractivity contribution in [3.63, 3.8) is 0 Å². The summed E-state index contributed by atoms with van der Waals surface area (Å²) < 4.78 is 16.9. The lowest BCUT2D eigenvalue weighted by Crippen LogP contribution is -2.39. The van der Waals surface area contributed by atoms with Gasteiger partial charge in [0.05, 0.1) is 13.7 Å². The van der Waals surface area contributed by atoms with E-state index in [0.29, 0.717) is 31.1 Å². The van der Waals surface area contributed by atoms with Crippen molar-refractivity contribution < 1.29 is 19.0 Å². The van der Waals surface area contributed by atoms with E-state index in [9.17, 15) is 4.79 Å². The van der Waals surface area contributed by atoms with Crippen LogP contribution in [0.3, 0.4) is 0 Å². The van der Waals surface area contributed by atoms with Gasteiger partial charge in [0.1, 0.15) is 23.9 Å². The summed E-state index contributed by atoms with van der Waals surface area (Å²) in [5.41, 5.74) is 0. The molecule has 3 aromatic rings. The molecule has 0 aliphatic rings. The largest absolute Gasteiger partial charge is 0.497 e. The molecule has 0 saturated carbocycles. The van der Waals surface area contributed by atoms with Gasteiger partial charge in [0.15, 0.2) is 6.10 Å². The Bertz CT molecular complexity index is 920. The van der Waals surface area contributed by atoms with Crippen molar-refractivity contribution in [1.29, 1.82) is 0 Å². The number of carbonyl (C=O) groups is 1. The second kappa shape index (κ2) is 9.65. The molecule has 1 atom stereocenters. The minimum absolute atomic E-state index is 0.160. The molecule has 0 fully saturated rings. The van der Waals surface area contributed by atoms with E-state index in [-0.39, 0.29) is 5.91 Å². The van der Waals surface area contributed by atoms with Gasteiger partial charge >= 0.3 is 0 Å². The van der Waals surface area contributed by atoms with E-state index >= 15 is 0 Å². The first-order valence-corrected chi connectivity index (χ1v) is 9.40. The van der Waals surface area contributed by atoms with Gasteiger partial charge in [-0.3, -0.25) is 4.79 Å². The monoisotopic (exact) mass is 379 g/mol. The van der Waals surface area contributed by atoms with Crippen LogP contribution in [0.15, 0.2) is 66.7 Å². The maximum atomic E-state index is 12.4. The highest BCUT2D eigenvalue weighted by Gasteiger charge is 2.18. The van der Waals surface area contributed by atoms with E-state index < -0.39 is 6.10 Å². The molecule has 0 saturated heterocycles. The van der Waals surface area contributed by atoms with Crippen molar-refractivity contribution in [1.82, 2.24) is 5.32 Å². The summed E-state index contributed by atoms with van der Waals surface area (Å²) in [5.74, 6) is 1.95. The molecule has 0 bridgehead atoms. The maximum absolute atomic E-state index is 12.4. The van der Waals surface area contributed by atoms with Crippen LogP contribution in [0.5, 0.6) is 17.2 Å². The zero-order valence-electron chi connectivity index (χ0n) is 16.2. The molecule has 0 aromatic heterocycles. The molecule has 3 aromatic carbocycles. The van der Waals surface area contributed by atoms with Crippen LogP contribution in [0, 0.1) is 0 Å². The van der Waals surface area contributed by atoms with Crippen molar-refractivity contribution in [2.75, 3.05) is 20.3 Å². The molecule has 0 aliphatic carbocycles. The molecule has 5 nitrogen and oxygen atoms in total. The van der Waals surface area contributed by atoms with Gasteiger partial charge in [-0.1, -0.05) is 49.4 Å². The summed E-state index contributed by atoms with van der Waals surface area (Å²) in [7, 11) is 1.60. The minimum Gasteiger partial charge on any atom is -0.497 e. The van der Waals surface area contributed by atoms with Crippen molar-refractivity contribution in [2.24, 2.45) is 0 Å². The lowest BCUT2D eigenvalue weighted by molar-refractivity contribution is -0.128. The summed E-state index contributed by atoms with van der Waals surface area (Å²) in [4.78, 5) is 12.4. The topological polar surface area (TPSA) is 56.8 Å². The number of amides is 1. The molecule has 5 heteroatoms. The predicted molar refractivity (Wildman–Crippen MR) is 110 cm³/mol. The van der Waals surface area contributed by atoms with Crippen LogP contribution < -0.4 is 19.5 Å². The number of benzene rings is 3.